The lowest BCUT2D eigenvalue weighted by Crippen LogP contribution is -2.28. The van der Waals surface area contributed by atoms with E-state index in [2.05, 4.69) is 42.5 Å². The third-order valence-electron chi connectivity index (χ3n) is 3.71. The van der Waals surface area contributed by atoms with Crippen LogP contribution in [0.2, 0.25) is 0 Å². The first-order chi connectivity index (χ1) is 12.4. The number of carbonyl (C=O) groups excluding carboxylic acids is 1. The van der Waals surface area contributed by atoms with E-state index < -0.39 is 0 Å². The van der Waals surface area contributed by atoms with Crippen molar-refractivity contribution in [2.75, 3.05) is 4.90 Å². The van der Waals surface area contributed by atoms with Crippen molar-refractivity contribution in [1.29, 1.82) is 0 Å². The maximum atomic E-state index is 12.5. The van der Waals surface area contributed by atoms with E-state index in [1.165, 1.54) is 12.5 Å². The van der Waals surface area contributed by atoms with Crippen LogP contribution in [0.4, 0.5) is 5.69 Å². The molecule has 0 N–H and O–H groups in total. The van der Waals surface area contributed by atoms with E-state index in [1.54, 1.807) is 16.2 Å². The highest BCUT2D eigenvalue weighted by Crippen LogP contribution is 2.29. The van der Waals surface area contributed by atoms with Crippen molar-refractivity contribution in [3.63, 3.8) is 0 Å². The molecule has 0 aliphatic carbocycles. The normalized spacial score (nSPS) is 11.3. The van der Waals surface area contributed by atoms with Gasteiger partial charge in [-0.25, -0.2) is 4.98 Å². The van der Waals surface area contributed by atoms with Crippen molar-refractivity contribution in [1.82, 2.24) is 15.2 Å². The smallest absolute Gasteiger partial charge is 0.250 e. The molecule has 3 aromatic rings. The number of rotatable bonds is 5. The van der Waals surface area contributed by atoms with Crippen molar-refractivity contribution in [2.24, 2.45) is 0 Å². The molecule has 3 rings (SSSR count). The van der Waals surface area contributed by atoms with Gasteiger partial charge in [0.2, 0.25) is 12.3 Å². The Labute approximate surface area is 156 Å². The second-order valence-electron chi connectivity index (χ2n) is 6.80. The van der Waals surface area contributed by atoms with E-state index in [1.807, 2.05) is 30.5 Å². The SMILES string of the molecule is C=CC(=O)N(Cc1cnc(C(C)(C)C)s1)c1cccc(-c2nnco2)c1. The predicted molar refractivity (Wildman–Crippen MR) is 102 cm³/mol. The average Bonchev–Trinajstić information content (AvgIpc) is 3.30. The maximum Gasteiger partial charge on any atom is 0.250 e. The van der Waals surface area contributed by atoms with Crippen LogP contribution in [-0.2, 0) is 16.8 Å². The van der Waals surface area contributed by atoms with E-state index in [-0.39, 0.29) is 11.3 Å². The fraction of sp³-hybridized carbons (Fsp3) is 0.263. The van der Waals surface area contributed by atoms with Crippen LogP contribution in [-0.4, -0.2) is 21.1 Å². The van der Waals surface area contributed by atoms with E-state index in [0.717, 1.165) is 21.1 Å². The summed E-state index contributed by atoms with van der Waals surface area (Å²) >= 11 is 1.61. The third kappa shape index (κ3) is 3.88. The topological polar surface area (TPSA) is 72.1 Å². The summed E-state index contributed by atoms with van der Waals surface area (Å²) < 4.78 is 5.25. The number of amides is 1. The molecule has 1 aromatic carbocycles. The van der Waals surface area contributed by atoms with Crippen LogP contribution in [0.5, 0.6) is 0 Å². The first-order valence-corrected chi connectivity index (χ1v) is 8.96. The Morgan fingerprint density at radius 3 is 2.81 bits per heavy atom. The summed E-state index contributed by atoms with van der Waals surface area (Å²) in [5.74, 6) is 0.226. The quantitative estimate of drug-likeness (QED) is 0.631. The standard InChI is InChI=1S/C19H20N4O2S/c1-5-16(24)23(11-15-10-20-18(26-15)19(2,3)4)14-8-6-7-13(9-14)17-22-21-12-25-17/h5-10,12H,1,11H2,2-4H3. The van der Waals surface area contributed by atoms with Crippen LogP contribution in [0.1, 0.15) is 30.7 Å². The van der Waals surface area contributed by atoms with Crippen LogP contribution < -0.4 is 4.90 Å². The van der Waals surface area contributed by atoms with E-state index >= 15 is 0 Å². The molecule has 0 unspecified atom stereocenters. The highest BCUT2D eigenvalue weighted by Gasteiger charge is 2.21. The lowest BCUT2D eigenvalue weighted by Gasteiger charge is -2.21. The predicted octanol–water partition coefficient (Wildman–Crippen LogP) is 4.21. The second kappa shape index (κ2) is 7.21. The highest BCUT2D eigenvalue weighted by atomic mass is 32.1. The molecule has 0 spiro atoms. The Morgan fingerprint density at radius 2 is 2.19 bits per heavy atom. The lowest BCUT2D eigenvalue weighted by molar-refractivity contribution is -0.114. The molecule has 6 nitrogen and oxygen atoms in total. The maximum absolute atomic E-state index is 12.5. The van der Waals surface area contributed by atoms with Crippen molar-refractivity contribution >= 4 is 22.9 Å². The molecule has 0 fully saturated rings. The summed E-state index contributed by atoms with van der Waals surface area (Å²) in [5, 5.41) is 8.66. The molecule has 0 saturated carbocycles. The zero-order valence-corrected chi connectivity index (χ0v) is 15.8. The molecule has 0 atom stereocenters. The van der Waals surface area contributed by atoms with Gasteiger partial charge in [-0.3, -0.25) is 4.79 Å². The number of hydrogen-bond donors (Lipinski definition) is 0. The largest absolute Gasteiger partial charge is 0.423 e. The van der Waals surface area contributed by atoms with Gasteiger partial charge in [-0.2, -0.15) is 0 Å². The summed E-state index contributed by atoms with van der Waals surface area (Å²) in [5.41, 5.74) is 1.46. The molecular weight excluding hydrogens is 348 g/mol. The van der Waals surface area contributed by atoms with Crippen molar-refractivity contribution in [3.05, 3.63) is 59.4 Å². The summed E-state index contributed by atoms with van der Waals surface area (Å²) in [6.07, 6.45) is 4.42. The first-order valence-electron chi connectivity index (χ1n) is 8.14. The third-order valence-corrected chi connectivity index (χ3v) is 5.12. The van der Waals surface area contributed by atoms with E-state index in [4.69, 9.17) is 4.42 Å². The van der Waals surface area contributed by atoms with Gasteiger partial charge >= 0.3 is 0 Å². The van der Waals surface area contributed by atoms with Gasteiger partial charge in [0.15, 0.2) is 0 Å². The number of hydrogen-bond acceptors (Lipinski definition) is 6. The van der Waals surface area contributed by atoms with Gasteiger partial charge in [-0.05, 0) is 24.3 Å². The van der Waals surface area contributed by atoms with Crippen LogP contribution >= 0.6 is 11.3 Å². The van der Waals surface area contributed by atoms with Crippen molar-refractivity contribution in [2.45, 2.75) is 32.7 Å². The van der Waals surface area contributed by atoms with Crippen LogP contribution in [0, 0.1) is 0 Å². The molecule has 134 valence electrons. The summed E-state index contributed by atoms with van der Waals surface area (Å²) in [6.45, 7) is 10.4. The molecule has 0 saturated heterocycles. The first kappa shape index (κ1) is 18.0. The number of thiazole rings is 1. The molecule has 7 heteroatoms. The number of anilines is 1. The number of benzene rings is 1. The van der Waals surface area contributed by atoms with Gasteiger partial charge in [0, 0.05) is 27.7 Å². The Hall–Kier alpha value is -2.80. The number of carbonyl (C=O) groups is 1. The Kier molecular flexibility index (Phi) is 4.99. The minimum atomic E-state index is -0.182. The summed E-state index contributed by atoms with van der Waals surface area (Å²) in [7, 11) is 0. The number of nitrogens with zero attached hydrogens (tertiary/aromatic N) is 4. The van der Waals surface area contributed by atoms with Gasteiger partial charge < -0.3 is 9.32 Å². The summed E-state index contributed by atoms with van der Waals surface area (Å²) in [6, 6.07) is 7.43. The van der Waals surface area contributed by atoms with Crippen molar-refractivity contribution in [3.8, 4) is 11.5 Å². The molecule has 0 aliphatic rings. The zero-order chi connectivity index (χ0) is 18.7. The fourth-order valence-electron chi connectivity index (χ4n) is 2.40. The monoisotopic (exact) mass is 368 g/mol. The second-order valence-corrected chi connectivity index (χ2v) is 7.92. The molecule has 2 aromatic heterocycles. The molecule has 26 heavy (non-hydrogen) atoms. The molecule has 0 bridgehead atoms. The molecule has 2 heterocycles. The Bertz CT molecular complexity index is 910. The van der Waals surface area contributed by atoms with Gasteiger partial charge in [0.25, 0.3) is 5.91 Å². The lowest BCUT2D eigenvalue weighted by atomic mass is 9.98. The highest BCUT2D eigenvalue weighted by molar-refractivity contribution is 7.11. The van der Waals surface area contributed by atoms with E-state index in [0.29, 0.717) is 12.4 Å². The van der Waals surface area contributed by atoms with Crippen LogP contribution in [0.15, 0.2) is 53.9 Å². The van der Waals surface area contributed by atoms with Gasteiger partial charge in [-0.15, -0.1) is 21.5 Å². The van der Waals surface area contributed by atoms with Crippen LogP contribution in [0.25, 0.3) is 11.5 Å². The van der Waals surface area contributed by atoms with Crippen LogP contribution in [0.3, 0.4) is 0 Å². The minimum Gasteiger partial charge on any atom is -0.423 e. The number of aromatic nitrogens is 3. The zero-order valence-electron chi connectivity index (χ0n) is 15.0. The fourth-order valence-corrected chi connectivity index (χ4v) is 3.35. The molecule has 0 radical (unpaired) electrons. The van der Waals surface area contributed by atoms with Gasteiger partial charge in [-0.1, -0.05) is 33.4 Å². The molecule has 0 aliphatic heterocycles. The van der Waals surface area contributed by atoms with E-state index in [9.17, 15) is 4.79 Å². The Morgan fingerprint density at radius 1 is 1.38 bits per heavy atom. The van der Waals surface area contributed by atoms with Crippen molar-refractivity contribution < 1.29 is 9.21 Å². The molecule has 1 amide bonds. The average molecular weight is 368 g/mol. The summed E-state index contributed by atoms with van der Waals surface area (Å²) in [4.78, 5) is 19.6. The Balaban J connectivity index is 1.92. The molecular formula is C19H20N4O2S. The van der Waals surface area contributed by atoms with Gasteiger partial charge in [0.05, 0.1) is 11.6 Å². The van der Waals surface area contributed by atoms with Gasteiger partial charge in [0.1, 0.15) is 0 Å². The minimum absolute atomic E-state index is 0.0198.